The number of ether oxygens (including phenoxy) is 4. The van der Waals surface area contributed by atoms with E-state index in [0.717, 1.165) is 19.4 Å². The third kappa shape index (κ3) is 5.10. The van der Waals surface area contributed by atoms with Crippen LogP contribution >= 0.6 is 0 Å². The van der Waals surface area contributed by atoms with E-state index in [1.54, 1.807) is 42.5 Å². The molecule has 1 aliphatic rings. The number of esters is 1. The lowest BCUT2D eigenvalue weighted by Gasteiger charge is -2.12. The number of rotatable bonds is 8. The summed E-state index contributed by atoms with van der Waals surface area (Å²) in [6, 6.07) is 11.9. The van der Waals surface area contributed by atoms with Gasteiger partial charge in [0.2, 0.25) is 0 Å². The fourth-order valence-electron chi connectivity index (χ4n) is 2.99. The normalized spacial score (nSPS) is 15.9. The van der Waals surface area contributed by atoms with E-state index in [1.807, 2.05) is 0 Å². The Morgan fingerprint density at radius 3 is 2.50 bits per heavy atom. The highest BCUT2D eigenvalue weighted by Crippen LogP contribution is 2.22. The van der Waals surface area contributed by atoms with Crippen LogP contribution in [0.25, 0.3) is 0 Å². The van der Waals surface area contributed by atoms with Crippen molar-refractivity contribution in [3.63, 3.8) is 0 Å². The third-order valence-electron chi connectivity index (χ3n) is 4.60. The molecule has 0 N–H and O–H groups in total. The van der Waals surface area contributed by atoms with E-state index in [0.29, 0.717) is 34.8 Å². The first-order valence-corrected chi connectivity index (χ1v) is 9.26. The molecule has 1 unspecified atom stereocenters. The molecule has 0 radical (unpaired) electrons. The van der Waals surface area contributed by atoms with E-state index in [2.05, 4.69) is 0 Å². The van der Waals surface area contributed by atoms with Gasteiger partial charge in [0.15, 0.2) is 5.78 Å². The van der Waals surface area contributed by atoms with Crippen LogP contribution in [0.15, 0.2) is 42.5 Å². The summed E-state index contributed by atoms with van der Waals surface area (Å²) in [7, 11) is 1.53. The van der Waals surface area contributed by atoms with Crippen LogP contribution in [-0.4, -0.2) is 38.2 Å². The highest BCUT2D eigenvalue weighted by Gasteiger charge is 2.16. The van der Waals surface area contributed by atoms with Crippen LogP contribution in [0.5, 0.6) is 11.5 Å². The Kier molecular flexibility index (Phi) is 6.66. The Bertz CT molecular complexity index is 821. The first-order valence-electron chi connectivity index (χ1n) is 9.26. The fourth-order valence-corrected chi connectivity index (χ4v) is 2.99. The number of carbonyl (C=O) groups is 2. The second-order valence-corrected chi connectivity index (χ2v) is 6.63. The van der Waals surface area contributed by atoms with Gasteiger partial charge in [0.25, 0.3) is 0 Å². The van der Waals surface area contributed by atoms with E-state index in [9.17, 15) is 9.59 Å². The van der Waals surface area contributed by atoms with Crippen molar-refractivity contribution in [2.24, 2.45) is 0 Å². The summed E-state index contributed by atoms with van der Waals surface area (Å²) in [5, 5.41) is 0. The predicted molar refractivity (Wildman–Crippen MR) is 103 cm³/mol. The molecule has 148 valence electrons. The molecule has 1 atom stereocenters. The lowest BCUT2D eigenvalue weighted by atomic mass is 10.1. The summed E-state index contributed by atoms with van der Waals surface area (Å²) < 4.78 is 21.9. The molecule has 1 saturated heterocycles. The molecule has 6 nitrogen and oxygen atoms in total. The molecule has 6 heteroatoms. The van der Waals surface area contributed by atoms with E-state index < -0.39 is 5.97 Å². The average Bonchev–Trinajstić information content (AvgIpc) is 3.24. The van der Waals surface area contributed by atoms with Crippen LogP contribution in [0.2, 0.25) is 0 Å². The average molecular weight is 384 g/mol. The lowest BCUT2D eigenvalue weighted by molar-refractivity contribution is 0.0469. The SMILES string of the molecule is COc1ccc(C(C)=O)cc1COC(=O)c1ccc(OCC2CCCO2)cc1. The Hall–Kier alpha value is -2.86. The minimum Gasteiger partial charge on any atom is -0.496 e. The van der Waals surface area contributed by atoms with E-state index in [4.69, 9.17) is 18.9 Å². The Labute approximate surface area is 164 Å². The quantitative estimate of drug-likeness (QED) is 0.509. The number of hydrogen-bond donors (Lipinski definition) is 0. The van der Waals surface area contributed by atoms with Gasteiger partial charge in [-0.1, -0.05) is 0 Å². The van der Waals surface area contributed by atoms with Crippen molar-refractivity contribution in [2.75, 3.05) is 20.3 Å². The van der Waals surface area contributed by atoms with Gasteiger partial charge in [0.05, 0.1) is 18.8 Å². The zero-order valence-electron chi connectivity index (χ0n) is 16.1. The second kappa shape index (κ2) is 9.37. The predicted octanol–water partition coefficient (Wildman–Crippen LogP) is 3.81. The van der Waals surface area contributed by atoms with Crippen molar-refractivity contribution in [3.05, 3.63) is 59.2 Å². The van der Waals surface area contributed by atoms with Gasteiger partial charge in [0, 0.05) is 17.7 Å². The number of hydrogen-bond acceptors (Lipinski definition) is 6. The van der Waals surface area contributed by atoms with Crippen molar-refractivity contribution in [2.45, 2.75) is 32.5 Å². The van der Waals surface area contributed by atoms with Gasteiger partial charge >= 0.3 is 5.97 Å². The Balaban J connectivity index is 1.57. The van der Waals surface area contributed by atoms with Crippen LogP contribution in [0.4, 0.5) is 0 Å². The highest BCUT2D eigenvalue weighted by atomic mass is 16.5. The summed E-state index contributed by atoms with van der Waals surface area (Å²) in [6.07, 6.45) is 2.22. The minimum absolute atomic E-state index is 0.0143. The van der Waals surface area contributed by atoms with Gasteiger partial charge < -0.3 is 18.9 Å². The zero-order chi connectivity index (χ0) is 19.9. The monoisotopic (exact) mass is 384 g/mol. The molecular formula is C22H24O6. The number of methoxy groups -OCH3 is 1. The van der Waals surface area contributed by atoms with Crippen molar-refractivity contribution in [3.8, 4) is 11.5 Å². The van der Waals surface area contributed by atoms with Crippen LogP contribution in [-0.2, 0) is 16.1 Å². The molecule has 1 heterocycles. The van der Waals surface area contributed by atoms with E-state index in [-0.39, 0.29) is 18.5 Å². The first-order chi connectivity index (χ1) is 13.6. The molecule has 0 spiro atoms. The van der Waals surface area contributed by atoms with E-state index >= 15 is 0 Å². The molecule has 28 heavy (non-hydrogen) atoms. The van der Waals surface area contributed by atoms with Gasteiger partial charge in [0.1, 0.15) is 24.7 Å². The van der Waals surface area contributed by atoms with Gasteiger partial charge in [-0.2, -0.15) is 0 Å². The summed E-state index contributed by atoms with van der Waals surface area (Å²) in [5.74, 6) is 0.730. The van der Waals surface area contributed by atoms with E-state index in [1.165, 1.54) is 14.0 Å². The minimum atomic E-state index is -0.457. The molecule has 1 fully saturated rings. The second-order valence-electron chi connectivity index (χ2n) is 6.63. The van der Waals surface area contributed by atoms with Gasteiger partial charge in [-0.25, -0.2) is 4.79 Å². The number of benzene rings is 2. The molecular weight excluding hydrogens is 360 g/mol. The molecule has 2 aromatic carbocycles. The fraction of sp³-hybridized carbons (Fsp3) is 0.364. The first kappa shape index (κ1) is 19.9. The lowest BCUT2D eigenvalue weighted by Crippen LogP contribution is -2.16. The molecule has 0 bridgehead atoms. The van der Waals surface area contributed by atoms with Crippen LogP contribution < -0.4 is 9.47 Å². The number of ketones is 1. The molecule has 1 aliphatic heterocycles. The smallest absolute Gasteiger partial charge is 0.338 e. The van der Waals surface area contributed by atoms with Crippen LogP contribution in [0, 0.1) is 0 Å². The maximum atomic E-state index is 12.3. The number of Topliss-reactive ketones (excluding diaryl/α,β-unsaturated/α-hetero) is 1. The summed E-state index contributed by atoms with van der Waals surface area (Å²) in [4.78, 5) is 23.9. The van der Waals surface area contributed by atoms with Crippen molar-refractivity contribution < 1.29 is 28.5 Å². The van der Waals surface area contributed by atoms with Crippen LogP contribution in [0.1, 0.15) is 46.0 Å². The van der Waals surface area contributed by atoms with Crippen LogP contribution in [0.3, 0.4) is 0 Å². The molecule has 2 aromatic rings. The maximum Gasteiger partial charge on any atom is 0.338 e. The largest absolute Gasteiger partial charge is 0.496 e. The third-order valence-corrected chi connectivity index (χ3v) is 4.60. The Morgan fingerprint density at radius 1 is 1.11 bits per heavy atom. The maximum absolute atomic E-state index is 12.3. The molecule has 3 rings (SSSR count). The molecule has 0 amide bonds. The van der Waals surface area contributed by atoms with Crippen molar-refractivity contribution in [1.82, 2.24) is 0 Å². The highest BCUT2D eigenvalue weighted by molar-refractivity contribution is 5.94. The number of carbonyl (C=O) groups excluding carboxylic acids is 2. The zero-order valence-corrected chi connectivity index (χ0v) is 16.1. The summed E-state index contributed by atoms with van der Waals surface area (Å²) in [6.45, 7) is 2.80. The molecule has 0 aromatic heterocycles. The van der Waals surface area contributed by atoms with Gasteiger partial charge in [-0.05, 0) is 62.2 Å². The van der Waals surface area contributed by atoms with Gasteiger partial charge in [-0.3, -0.25) is 4.79 Å². The summed E-state index contributed by atoms with van der Waals surface area (Å²) >= 11 is 0. The molecule has 0 saturated carbocycles. The molecule has 0 aliphatic carbocycles. The Morgan fingerprint density at radius 2 is 1.86 bits per heavy atom. The topological polar surface area (TPSA) is 71.1 Å². The standard InChI is InChI=1S/C22H24O6/c1-15(23)17-7-10-21(25-2)18(12-17)13-28-22(24)16-5-8-19(9-6-16)27-14-20-4-3-11-26-20/h5-10,12,20H,3-4,11,13-14H2,1-2H3. The van der Waals surface area contributed by atoms with Crippen molar-refractivity contribution in [1.29, 1.82) is 0 Å². The van der Waals surface area contributed by atoms with Gasteiger partial charge in [-0.15, -0.1) is 0 Å². The van der Waals surface area contributed by atoms with Crippen molar-refractivity contribution >= 4 is 11.8 Å². The summed E-state index contributed by atoms with van der Waals surface area (Å²) in [5.41, 5.74) is 1.60.